The van der Waals surface area contributed by atoms with E-state index in [0.29, 0.717) is 12.8 Å². The van der Waals surface area contributed by atoms with E-state index < -0.39 is 0 Å². The Morgan fingerprint density at radius 3 is 2.82 bits per heavy atom. The van der Waals surface area contributed by atoms with Crippen molar-refractivity contribution < 1.29 is 9.59 Å². The van der Waals surface area contributed by atoms with Crippen LogP contribution in [-0.2, 0) is 9.59 Å². The average Bonchev–Trinajstić information content (AvgIpc) is 2.32. The Labute approximate surface area is 64.5 Å². The molecular formula is C6H11N3O2. The van der Waals surface area contributed by atoms with E-state index in [-0.39, 0.29) is 17.9 Å². The number of amides is 2. The molecule has 1 rings (SSSR count). The molecule has 0 unspecified atom stereocenters. The number of carbonyl (C=O) groups excluding carboxylic acids is 2. The van der Waals surface area contributed by atoms with Crippen molar-refractivity contribution in [1.29, 1.82) is 0 Å². The predicted octanol–water partition coefficient (Wildman–Crippen LogP) is -1.40. The summed E-state index contributed by atoms with van der Waals surface area (Å²) in [5, 5.41) is 0. The summed E-state index contributed by atoms with van der Waals surface area (Å²) in [5.74, 6) is 4.63. The summed E-state index contributed by atoms with van der Waals surface area (Å²) >= 11 is 0. The molecule has 0 aromatic carbocycles. The van der Waals surface area contributed by atoms with Crippen LogP contribution in [0.25, 0.3) is 0 Å². The first-order chi connectivity index (χ1) is 5.16. The highest BCUT2D eigenvalue weighted by Crippen LogP contribution is 2.15. The molecule has 0 spiro atoms. The van der Waals surface area contributed by atoms with E-state index in [0.717, 1.165) is 0 Å². The van der Waals surface area contributed by atoms with Crippen LogP contribution in [0.4, 0.5) is 0 Å². The highest BCUT2D eigenvalue weighted by atomic mass is 16.2. The fraction of sp³-hybridized carbons (Fsp3) is 0.667. The zero-order valence-corrected chi connectivity index (χ0v) is 6.33. The molecule has 1 aliphatic heterocycles. The maximum atomic E-state index is 10.9. The molecule has 62 valence electrons. The van der Waals surface area contributed by atoms with Crippen LogP contribution < -0.4 is 11.3 Å². The number of carbonyl (C=O) groups is 2. The number of rotatable bonds is 1. The van der Waals surface area contributed by atoms with Gasteiger partial charge in [0.2, 0.25) is 5.91 Å². The minimum Gasteiger partial charge on any atom is -0.334 e. The fourth-order valence-corrected chi connectivity index (χ4v) is 1.21. The molecule has 0 bridgehead atoms. The van der Waals surface area contributed by atoms with Gasteiger partial charge in [-0.3, -0.25) is 15.0 Å². The lowest BCUT2D eigenvalue weighted by molar-refractivity contribution is -0.133. The predicted molar refractivity (Wildman–Crippen MR) is 38.1 cm³/mol. The normalized spacial score (nSPS) is 24.0. The Hall–Kier alpha value is -1.10. The van der Waals surface area contributed by atoms with Crippen molar-refractivity contribution in [2.75, 3.05) is 7.05 Å². The monoisotopic (exact) mass is 157 g/mol. The van der Waals surface area contributed by atoms with Gasteiger partial charge in [0.25, 0.3) is 5.91 Å². The third-order valence-corrected chi connectivity index (χ3v) is 1.94. The molecule has 0 saturated carbocycles. The zero-order chi connectivity index (χ0) is 8.43. The number of nitrogens with one attached hydrogen (secondary N) is 1. The Bertz CT molecular complexity index is 192. The molecule has 0 aromatic rings. The van der Waals surface area contributed by atoms with Crippen LogP contribution in [0.1, 0.15) is 12.8 Å². The van der Waals surface area contributed by atoms with Crippen LogP contribution in [-0.4, -0.2) is 29.8 Å². The molecule has 3 N–H and O–H groups in total. The molecule has 1 atom stereocenters. The van der Waals surface area contributed by atoms with Gasteiger partial charge in [0.1, 0.15) is 6.04 Å². The number of likely N-dealkylation sites (N-methyl/N-ethyl adjacent to an activating group) is 1. The fourth-order valence-electron chi connectivity index (χ4n) is 1.21. The summed E-state index contributed by atoms with van der Waals surface area (Å²) in [6.07, 6.45) is 1.01. The summed E-state index contributed by atoms with van der Waals surface area (Å²) in [5.41, 5.74) is 2.03. The summed E-state index contributed by atoms with van der Waals surface area (Å²) in [7, 11) is 1.61. The standard InChI is InChI=1S/C6H11N3O2/c1-9-4(6(11)8-7)2-3-5(9)10/h4H,2-3,7H2,1H3,(H,8,11)/t4-/m0/s1. The number of likely N-dealkylation sites (tertiary alicyclic amines) is 1. The lowest BCUT2D eigenvalue weighted by Gasteiger charge is -2.17. The number of hydrogen-bond donors (Lipinski definition) is 2. The molecule has 2 amide bonds. The summed E-state index contributed by atoms with van der Waals surface area (Å²) in [6, 6.07) is -0.368. The van der Waals surface area contributed by atoms with Crippen LogP contribution in [0.2, 0.25) is 0 Å². The largest absolute Gasteiger partial charge is 0.334 e. The molecule has 0 aromatic heterocycles. The lowest BCUT2D eigenvalue weighted by Crippen LogP contribution is -2.45. The highest BCUT2D eigenvalue weighted by molar-refractivity contribution is 5.90. The van der Waals surface area contributed by atoms with Crippen molar-refractivity contribution in [2.24, 2.45) is 5.84 Å². The van der Waals surface area contributed by atoms with Crippen LogP contribution >= 0.6 is 0 Å². The van der Waals surface area contributed by atoms with E-state index in [1.54, 1.807) is 7.05 Å². The highest BCUT2D eigenvalue weighted by Gasteiger charge is 2.32. The van der Waals surface area contributed by atoms with Crippen LogP contribution in [0, 0.1) is 0 Å². The molecule has 1 fully saturated rings. The first-order valence-electron chi connectivity index (χ1n) is 3.43. The minimum atomic E-state index is -0.368. The zero-order valence-electron chi connectivity index (χ0n) is 6.33. The van der Waals surface area contributed by atoms with Crippen molar-refractivity contribution in [1.82, 2.24) is 10.3 Å². The lowest BCUT2D eigenvalue weighted by atomic mass is 10.2. The first kappa shape index (κ1) is 8.00. The van der Waals surface area contributed by atoms with Crippen molar-refractivity contribution >= 4 is 11.8 Å². The Balaban J connectivity index is 2.61. The molecule has 1 saturated heterocycles. The SMILES string of the molecule is CN1C(=O)CC[C@H]1C(=O)NN. The van der Waals surface area contributed by atoms with Crippen molar-refractivity contribution in [2.45, 2.75) is 18.9 Å². The quantitative estimate of drug-likeness (QED) is 0.279. The van der Waals surface area contributed by atoms with Crippen molar-refractivity contribution in [3.05, 3.63) is 0 Å². The maximum absolute atomic E-state index is 10.9. The summed E-state index contributed by atoms with van der Waals surface area (Å²) in [4.78, 5) is 23.3. The second kappa shape index (κ2) is 2.87. The van der Waals surface area contributed by atoms with E-state index in [4.69, 9.17) is 5.84 Å². The number of hydrogen-bond acceptors (Lipinski definition) is 3. The second-order valence-corrected chi connectivity index (χ2v) is 2.57. The van der Waals surface area contributed by atoms with E-state index in [9.17, 15) is 9.59 Å². The number of hydrazine groups is 1. The maximum Gasteiger partial charge on any atom is 0.256 e. The Kier molecular flexibility index (Phi) is 2.09. The molecule has 1 aliphatic rings. The van der Waals surface area contributed by atoms with Gasteiger partial charge in [0.15, 0.2) is 0 Å². The Morgan fingerprint density at radius 2 is 2.45 bits per heavy atom. The van der Waals surface area contributed by atoms with Crippen LogP contribution in [0.15, 0.2) is 0 Å². The van der Waals surface area contributed by atoms with Crippen molar-refractivity contribution in [3.63, 3.8) is 0 Å². The van der Waals surface area contributed by atoms with Gasteiger partial charge in [-0.15, -0.1) is 0 Å². The number of nitrogens with two attached hydrogens (primary N) is 1. The third-order valence-electron chi connectivity index (χ3n) is 1.94. The van der Waals surface area contributed by atoms with E-state index >= 15 is 0 Å². The molecule has 5 heteroatoms. The van der Waals surface area contributed by atoms with E-state index in [1.807, 2.05) is 5.43 Å². The van der Waals surface area contributed by atoms with Gasteiger partial charge in [-0.1, -0.05) is 0 Å². The molecule has 1 heterocycles. The second-order valence-electron chi connectivity index (χ2n) is 2.57. The Morgan fingerprint density at radius 1 is 1.82 bits per heavy atom. The van der Waals surface area contributed by atoms with E-state index in [2.05, 4.69) is 0 Å². The van der Waals surface area contributed by atoms with Gasteiger partial charge in [0.05, 0.1) is 0 Å². The third kappa shape index (κ3) is 1.32. The molecule has 5 nitrogen and oxygen atoms in total. The van der Waals surface area contributed by atoms with E-state index in [1.165, 1.54) is 4.90 Å². The van der Waals surface area contributed by atoms with Gasteiger partial charge in [-0.2, -0.15) is 0 Å². The summed E-state index contributed by atoms with van der Waals surface area (Å²) < 4.78 is 0. The number of nitrogens with zero attached hydrogens (tertiary/aromatic N) is 1. The molecule has 11 heavy (non-hydrogen) atoms. The topological polar surface area (TPSA) is 75.4 Å². The minimum absolute atomic E-state index is 0.00130. The molecule has 0 aliphatic carbocycles. The average molecular weight is 157 g/mol. The van der Waals surface area contributed by atoms with Gasteiger partial charge in [-0.05, 0) is 6.42 Å². The smallest absolute Gasteiger partial charge is 0.256 e. The van der Waals surface area contributed by atoms with Crippen molar-refractivity contribution in [3.8, 4) is 0 Å². The first-order valence-corrected chi connectivity index (χ1v) is 3.43. The van der Waals surface area contributed by atoms with Gasteiger partial charge >= 0.3 is 0 Å². The molecule has 0 radical (unpaired) electrons. The van der Waals surface area contributed by atoms with Crippen LogP contribution in [0.5, 0.6) is 0 Å². The van der Waals surface area contributed by atoms with Gasteiger partial charge in [-0.25, -0.2) is 5.84 Å². The van der Waals surface area contributed by atoms with Gasteiger partial charge in [0, 0.05) is 13.5 Å². The van der Waals surface area contributed by atoms with Gasteiger partial charge < -0.3 is 4.90 Å². The van der Waals surface area contributed by atoms with Crippen LogP contribution in [0.3, 0.4) is 0 Å². The molecular weight excluding hydrogens is 146 g/mol. The summed E-state index contributed by atoms with van der Waals surface area (Å²) in [6.45, 7) is 0.